The molecule has 0 fully saturated rings. The second kappa shape index (κ2) is 10.1. The van der Waals surface area contributed by atoms with Crippen LogP contribution >= 0.6 is 0 Å². The molecule has 0 aliphatic rings. The monoisotopic (exact) mass is 340 g/mol. The Bertz CT molecular complexity index is 659. The third kappa shape index (κ3) is 6.67. The van der Waals surface area contributed by atoms with Crippen LogP contribution in [0.4, 0.5) is 4.79 Å². The van der Waals surface area contributed by atoms with Crippen LogP contribution in [-0.4, -0.2) is 18.0 Å². The van der Waals surface area contributed by atoms with Crippen LogP contribution in [0, 0.1) is 0 Å². The Hall–Kier alpha value is -2.82. The highest BCUT2D eigenvalue weighted by Crippen LogP contribution is 2.03. The van der Waals surface area contributed by atoms with Crippen LogP contribution in [0.15, 0.2) is 60.7 Å². The molecule has 0 bridgehead atoms. The molecule has 2 rings (SSSR count). The second-order valence-electron chi connectivity index (χ2n) is 5.75. The fraction of sp³-hybridized carbons (Fsp3) is 0.300. The molecule has 0 aromatic heterocycles. The molecule has 132 valence electrons. The van der Waals surface area contributed by atoms with E-state index in [-0.39, 0.29) is 12.5 Å². The summed E-state index contributed by atoms with van der Waals surface area (Å²) in [5.41, 5.74) is 1.91. The first-order valence-corrected chi connectivity index (χ1v) is 8.48. The molecule has 5 nitrogen and oxygen atoms in total. The van der Waals surface area contributed by atoms with E-state index in [9.17, 15) is 9.59 Å². The molecule has 5 heteroatoms. The number of carbonyl (C=O) groups excluding carboxylic acids is 2. The van der Waals surface area contributed by atoms with E-state index in [1.54, 1.807) is 0 Å². The standard InChI is InChI=1S/C20H24N2O3/c1-2-9-18(19(23)21-14-16-10-5-3-6-11-16)22-20(24)25-15-17-12-7-4-8-13-17/h3-8,10-13,18H,2,9,14-15H2,1H3,(H,21,23)(H,22,24)/t18-/m0/s1. The number of alkyl carbamates (subject to hydrolysis) is 1. The van der Waals surface area contributed by atoms with E-state index < -0.39 is 12.1 Å². The Morgan fingerprint density at radius 2 is 1.56 bits per heavy atom. The number of rotatable bonds is 8. The number of ether oxygens (including phenoxy) is 1. The molecule has 0 unspecified atom stereocenters. The van der Waals surface area contributed by atoms with Gasteiger partial charge in [0.15, 0.2) is 0 Å². The van der Waals surface area contributed by atoms with Crippen molar-refractivity contribution in [1.29, 1.82) is 0 Å². The van der Waals surface area contributed by atoms with Crippen molar-refractivity contribution in [3.8, 4) is 0 Å². The van der Waals surface area contributed by atoms with Crippen LogP contribution < -0.4 is 10.6 Å². The molecule has 1 atom stereocenters. The summed E-state index contributed by atoms with van der Waals surface area (Å²) in [7, 11) is 0. The predicted octanol–water partition coefficient (Wildman–Crippen LogP) is 3.40. The average Bonchev–Trinajstić information content (AvgIpc) is 2.66. The molecule has 0 saturated carbocycles. The van der Waals surface area contributed by atoms with Gasteiger partial charge >= 0.3 is 6.09 Å². The molecule has 0 aliphatic heterocycles. The van der Waals surface area contributed by atoms with Gasteiger partial charge in [-0.15, -0.1) is 0 Å². The van der Waals surface area contributed by atoms with Crippen molar-refractivity contribution in [3.63, 3.8) is 0 Å². The highest BCUT2D eigenvalue weighted by molar-refractivity contribution is 5.85. The third-order valence-electron chi connectivity index (χ3n) is 3.71. The Kier molecular flexibility index (Phi) is 7.50. The summed E-state index contributed by atoms with van der Waals surface area (Å²) in [6, 6.07) is 18.5. The maximum Gasteiger partial charge on any atom is 0.408 e. The van der Waals surface area contributed by atoms with E-state index in [2.05, 4.69) is 10.6 Å². The van der Waals surface area contributed by atoms with Crippen molar-refractivity contribution >= 4 is 12.0 Å². The molecule has 0 saturated heterocycles. The number of carbonyl (C=O) groups is 2. The first-order chi connectivity index (χ1) is 12.2. The van der Waals surface area contributed by atoms with E-state index >= 15 is 0 Å². The summed E-state index contributed by atoms with van der Waals surface area (Å²) in [4.78, 5) is 24.3. The zero-order chi connectivity index (χ0) is 17.9. The minimum atomic E-state index is -0.600. The lowest BCUT2D eigenvalue weighted by Gasteiger charge is -2.18. The number of benzene rings is 2. The average molecular weight is 340 g/mol. The van der Waals surface area contributed by atoms with Crippen molar-refractivity contribution in [2.45, 2.75) is 39.0 Å². The van der Waals surface area contributed by atoms with Crippen molar-refractivity contribution in [2.75, 3.05) is 0 Å². The van der Waals surface area contributed by atoms with Crippen molar-refractivity contribution < 1.29 is 14.3 Å². The van der Waals surface area contributed by atoms with Gasteiger partial charge < -0.3 is 15.4 Å². The summed E-state index contributed by atoms with van der Waals surface area (Å²) >= 11 is 0. The van der Waals surface area contributed by atoms with E-state index in [0.29, 0.717) is 13.0 Å². The van der Waals surface area contributed by atoms with Crippen molar-refractivity contribution in [2.24, 2.45) is 0 Å². The number of hydrogen-bond donors (Lipinski definition) is 2. The van der Waals surface area contributed by atoms with E-state index in [1.807, 2.05) is 67.6 Å². The molecule has 2 aromatic rings. The number of hydrogen-bond acceptors (Lipinski definition) is 3. The quantitative estimate of drug-likeness (QED) is 0.774. The van der Waals surface area contributed by atoms with Crippen LogP contribution in [-0.2, 0) is 22.7 Å². The smallest absolute Gasteiger partial charge is 0.408 e. The normalized spacial score (nSPS) is 11.4. The fourth-order valence-electron chi connectivity index (χ4n) is 2.37. The lowest BCUT2D eigenvalue weighted by atomic mass is 10.1. The van der Waals surface area contributed by atoms with Crippen LogP contribution in [0.1, 0.15) is 30.9 Å². The lowest BCUT2D eigenvalue weighted by Crippen LogP contribution is -2.46. The van der Waals surface area contributed by atoms with Crippen LogP contribution in [0.25, 0.3) is 0 Å². The molecule has 0 spiro atoms. The first-order valence-electron chi connectivity index (χ1n) is 8.48. The lowest BCUT2D eigenvalue weighted by molar-refractivity contribution is -0.123. The van der Waals surface area contributed by atoms with Gasteiger partial charge in [-0.1, -0.05) is 74.0 Å². The minimum absolute atomic E-state index is 0.178. The summed E-state index contributed by atoms with van der Waals surface area (Å²) in [5, 5.41) is 5.50. The maximum absolute atomic E-state index is 12.3. The van der Waals surface area contributed by atoms with E-state index in [4.69, 9.17) is 4.74 Å². The second-order valence-corrected chi connectivity index (χ2v) is 5.75. The topological polar surface area (TPSA) is 67.4 Å². The molecule has 2 N–H and O–H groups in total. The Labute approximate surface area is 148 Å². The van der Waals surface area contributed by atoms with Gasteiger partial charge in [-0.25, -0.2) is 4.79 Å². The molecule has 25 heavy (non-hydrogen) atoms. The number of amides is 2. The van der Waals surface area contributed by atoms with Crippen LogP contribution in [0.5, 0.6) is 0 Å². The fourth-order valence-corrected chi connectivity index (χ4v) is 2.37. The van der Waals surface area contributed by atoms with Crippen molar-refractivity contribution in [3.05, 3.63) is 71.8 Å². The molecule has 0 heterocycles. The Morgan fingerprint density at radius 3 is 2.16 bits per heavy atom. The molecular formula is C20H24N2O3. The Morgan fingerprint density at radius 1 is 0.960 bits per heavy atom. The highest BCUT2D eigenvalue weighted by atomic mass is 16.5. The zero-order valence-corrected chi connectivity index (χ0v) is 14.4. The minimum Gasteiger partial charge on any atom is -0.445 e. The summed E-state index contributed by atoms with van der Waals surface area (Å²) in [6.45, 7) is 2.58. The third-order valence-corrected chi connectivity index (χ3v) is 3.71. The van der Waals surface area contributed by atoms with Gasteiger partial charge in [-0.2, -0.15) is 0 Å². The molecule has 2 amide bonds. The van der Waals surface area contributed by atoms with Gasteiger partial charge in [0.25, 0.3) is 0 Å². The van der Waals surface area contributed by atoms with Crippen LogP contribution in [0.2, 0.25) is 0 Å². The zero-order valence-electron chi connectivity index (χ0n) is 14.4. The van der Waals surface area contributed by atoms with Crippen molar-refractivity contribution in [1.82, 2.24) is 10.6 Å². The summed E-state index contributed by atoms with van der Waals surface area (Å²) < 4.78 is 5.19. The van der Waals surface area contributed by atoms with Crippen LogP contribution in [0.3, 0.4) is 0 Å². The molecule has 2 aromatic carbocycles. The predicted molar refractivity (Wildman–Crippen MR) is 96.7 cm³/mol. The number of nitrogens with one attached hydrogen (secondary N) is 2. The highest BCUT2D eigenvalue weighted by Gasteiger charge is 2.20. The largest absolute Gasteiger partial charge is 0.445 e. The Balaban J connectivity index is 1.81. The maximum atomic E-state index is 12.3. The SMILES string of the molecule is CCC[C@H](NC(=O)OCc1ccccc1)C(=O)NCc1ccccc1. The van der Waals surface area contributed by atoms with Gasteiger partial charge in [0, 0.05) is 6.54 Å². The van der Waals surface area contributed by atoms with E-state index in [0.717, 1.165) is 17.5 Å². The molecule has 0 aliphatic carbocycles. The summed E-state index contributed by atoms with van der Waals surface area (Å²) in [5.74, 6) is -0.206. The van der Waals surface area contributed by atoms with Gasteiger partial charge in [0.05, 0.1) is 0 Å². The molecule has 0 radical (unpaired) electrons. The van der Waals surface area contributed by atoms with Gasteiger partial charge in [0.2, 0.25) is 5.91 Å². The van der Waals surface area contributed by atoms with E-state index in [1.165, 1.54) is 0 Å². The summed E-state index contributed by atoms with van der Waals surface area (Å²) in [6.07, 6.45) is 0.751. The van der Waals surface area contributed by atoms with Gasteiger partial charge in [-0.3, -0.25) is 4.79 Å². The first kappa shape index (κ1) is 18.5. The van der Waals surface area contributed by atoms with Gasteiger partial charge in [0.1, 0.15) is 12.6 Å². The molecular weight excluding hydrogens is 316 g/mol. The van der Waals surface area contributed by atoms with Gasteiger partial charge in [-0.05, 0) is 17.5 Å².